The van der Waals surface area contributed by atoms with E-state index in [9.17, 15) is 19.8 Å². The van der Waals surface area contributed by atoms with Gasteiger partial charge in [0, 0.05) is 13.7 Å². The largest absolute Gasteiger partial charge is 0.394 e. The van der Waals surface area contributed by atoms with Gasteiger partial charge in [0.2, 0.25) is 11.9 Å². The molecular formula is C14H19N5O5. The number of imidazole rings is 1. The van der Waals surface area contributed by atoms with Gasteiger partial charge in [0.05, 0.1) is 19.0 Å². The Hall–Kier alpha value is -2.30. The van der Waals surface area contributed by atoms with E-state index in [1.807, 2.05) is 0 Å². The maximum absolute atomic E-state index is 12.1. The van der Waals surface area contributed by atoms with Crippen molar-refractivity contribution in [3.05, 3.63) is 16.7 Å². The second kappa shape index (κ2) is 6.30. The minimum Gasteiger partial charge on any atom is -0.394 e. The Labute approximate surface area is 137 Å². The van der Waals surface area contributed by atoms with Crippen molar-refractivity contribution in [2.45, 2.75) is 38.7 Å². The Morgan fingerprint density at radius 3 is 3.04 bits per heavy atom. The molecule has 0 saturated carbocycles. The van der Waals surface area contributed by atoms with Crippen LogP contribution in [0.5, 0.6) is 0 Å². The number of amides is 1. The van der Waals surface area contributed by atoms with E-state index >= 15 is 0 Å². The third-order valence-corrected chi connectivity index (χ3v) is 3.71. The Kier molecular flexibility index (Phi) is 4.00. The number of fused-ring (bicyclic) bond motifs is 1. The molecule has 2 aromatic rings. The second-order valence-electron chi connectivity index (χ2n) is 5.81. The van der Waals surface area contributed by atoms with Gasteiger partial charge >= 0.3 is 0 Å². The van der Waals surface area contributed by atoms with E-state index in [4.69, 9.17) is 6.11 Å². The molecule has 130 valence electrons. The number of nitrogens with one attached hydrogen (secondary N) is 2. The van der Waals surface area contributed by atoms with Crippen molar-refractivity contribution < 1.29 is 21.1 Å². The smallest absolute Gasteiger partial charge is 0.280 e. The second-order valence-corrected chi connectivity index (χ2v) is 5.81. The Morgan fingerprint density at radius 2 is 2.42 bits per heavy atom. The zero-order valence-corrected chi connectivity index (χ0v) is 13.1. The molecule has 0 aliphatic carbocycles. The monoisotopic (exact) mass is 338 g/mol. The van der Waals surface area contributed by atoms with Crippen molar-refractivity contribution in [2.24, 2.45) is 5.92 Å². The van der Waals surface area contributed by atoms with E-state index in [0.29, 0.717) is 0 Å². The highest BCUT2D eigenvalue weighted by Crippen LogP contribution is 2.30. The van der Waals surface area contributed by atoms with Crippen molar-refractivity contribution in [3.8, 4) is 0 Å². The van der Waals surface area contributed by atoms with Crippen LogP contribution in [0.25, 0.3) is 11.2 Å². The first kappa shape index (κ1) is 15.2. The lowest BCUT2D eigenvalue weighted by Gasteiger charge is -2.14. The number of aromatic amines is 1. The normalized spacial score (nSPS) is 27.6. The van der Waals surface area contributed by atoms with Gasteiger partial charge in [-0.05, 0) is 0 Å². The van der Waals surface area contributed by atoms with Crippen molar-refractivity contribution in [3.63, 3.8) is 0 Å². The molecule has 10 nitrogen and oxygen atoms in total. The summed E-state index contributed by atoms with van der Waals surface area (Å²) in [6, 6.07) is 0. The van der Waals surface area contributed by atoms with Crippen molar-refractivity contribution in [1.82, 2.24) is 19.5 Å². The minimum absolute atomic E-state index is 0.0142. The van der Waals surface area contributed by atoms with Crippen LogP contribution in [0.4, 0.5) is 5.95 Å². The van der Waals surface area contributed by atoms with Crippen molar-refractivity contribution in [1.29, 1.82) is 0 Å². The summed E-state index contributed by atoms with van der Waals surface area (Å²) in [5.41, 5.74) is -0.433. The van der Waals surface area contributed by atoms with Crippen LogP contribution in [0.15, 0.2) is 11.1 Å². The first-order valence-electron chi connectivity index (χ1n) is 8.05. The van der Waals surface area contributed by atoms with Crippen LogP contribution in [0, 0.1) is 5.92 Å². The molecule has 4 N–H and O–H groups in total. The highest BCUT2D eigenvalue weighted by atomic mass is 16.5. The average molecular weight is 338 g/mol. The highest BCUT2D eigenvalue weighted by molar-refractivity contribution is 5.91. The van der Waals surface area contributed by atoms with Crippen LogP contribution in [-0.4, -0.2) is 54.5 Å². The van der Waals surface area contributed by atoms with Gasteiger partial charge in [0.1, 0.15) is 12.3 Å². The fraction of sp³-hybridized carbons (Fsp3) is 0.571. The van der Waals surface area contributed by atoms with E-state index in [1.165, 1.54) is 10.9 Å². The van der Waals surface area contributed by atoms with Crippen LogP contribution in [0.1, 0.15) is 27.8 Å². The molecule has 0 spiro atoms. The number of carbonyl (C=O) groups excluding carboxylic acids is 1. The van der Waals surface area contributed by atoms with Gasteiger partial charge in [-0.1, -0.05) is 13.8 Å². The van der Waals surface area contributed by atoms with Crippen LogP contribution in [-0.2, 0) is 9.53 Å². The number of hydrogen-bond acceptors (Lipinski definition) is 7. The third-order valence-electron chi connectivity index (χ3n) is 3.71. The molecule has 1 aliphatic rings. The molecule has 3 heterocycles. The van der Waals surface area contributed by atoms with Crippen molar-refractivity contribution in [2.75, 3.05) is 11.9 Å². The molecule has 4 atom stereocenters. The lowest BCUT2D eigenvalue weighted by atomic mass is 10.2. The molecule has 2 aromatic heterocycles. The number of aromatic nitrogens is 4. The Bertz CT molecular complexity index is 850. The number of aliphatic hydroxyl groups is 2. The summed E-state index contributed by atoms with van der Waals surface area (Å²) in [6.07, 6.45) is -2.88. The molecule has 0 radical (unpaired) electrons. The third kappa shape index (κ3) is 2.90. The van der Waals surface area contributed by atoms with E-state index < -0.39 is 37.0 Å². The van der Waals surface area contributed by atoms with Crippen molar-refractivity contribution >= 4 is 23.0 Å². The first-order valence-corrected chi connectivity index (χ1v) is 7.47. The van der Waals surface area contributed by atoms with Gasteiger partial charge in [-0.3, -0.25) is 24.5 Å². The number of hydrogen-bond donors (Lipinski definition) is 4. The van der Waals surface area contributed by atoms with Gasteiger partial charge in [0.25, 0.3) is 5.56 Å². The molecule has 1 saturated heterocycles. The summed E-state index contributed by atoms with van der Waals surface area (Å²) in [5.74, 6) is -0.668. The molecule has 1 fully saturated rings. The van der Waals surface area contributed by atoms with Crippen LogP contribution >= 0.6 is 0 Å². The molecule has 1 amide bonds. The van der Waals surface area contributed by atoms with E-state index in [1.54, 1.807) is 13.8 Å². The Balaban J connectivity index is 2.01. The van der Waals surface area contributed by atoms with Gasteiger partial charge < -0.3 is 14.9 Å². The topological polar surface area (TPSA) is 142 Å². The number of H-pyrrole nitrogens is 1. The molecular weight excluding hydrogens is 318 g/mol. The molecule has 24 heavy (non-hydrogen) atoms. The molecule has 0 unspecified atom stereocenters. The number of aliphatic hydroxyl groups excluding tert-OH is 2. The van der Waals surface area contributed by atoms with Crippen LogP contribution < -0.4 is 10.9 Å². The van der Waals surface area contributed by atoms with E-state index in [0.717, 1.165) is 0 Å². The summed E-state index contributed by atoms with van der Waals surface area (Å²) in [4.78, 5) is 34.5. The van der Waals surface area contributed by atoms with Gasteiger partial charge in [0.15, 0.2) is 11.2 Å². The standard InChI is InChI=1S/C14H19N5O5/c1-6(2)12(22)17-14-16-11-10(13(23)18-14)15-5-19(11)9-3-7(21)8(4-20)24-9/h5-9,20-21H,3-4H2,1-2H3,(H2,16,17,18,22,23)/t7-,8+,9+/m0/s1/i3D/t3-,7+,8-,9-/m1. The number of nitrogens with zero attached hydrogens (tertiary/aromatic N) is 3. The Morgan fingerprint density at radius 1 is 1.67 bits per heavy atom. The lowest BCUT2D eigenvalue weighted by Crippen LogP contribution is -2.24. The highest BCUT2D eigenvalue weighted by Gasteiger charge is 2.35. The quantitative estimate of drug-likeness (QED) is 0.580. The maximum Gasteiger partial charge on any atom is 0.280 e. The fourth-order valence-corrected chi connectivity index (χ4v) is 2.34. The molecule has 3 rings (SSSR count). The lowest BCUT2D eigenvalue weighted by molar-refractivity contribution is -0.118. The van der Waals surface area contributed by atoms with Gasteiger partial charge in [-0.25, -0.2) is 4.98 Å². The zero-order chi connectivity index (χ0) is 18.3. The molecule has 1 aliphatic heterocycles. The average Bonchev–Trinajstić information content (AvgIpc) is 3.10. The molecule has 0 bridgehead atoms. The summed E-state index contributed by atoms with van der Waals surface area (Å²) in [7, 11) is 0. The number of ether oxygens (including phenoxy) is 1. The van der Waals surface area contributed by atoms with E-state index in [2.05, 4.69) is 20.3 Å². The minimum atomic E-state index is -1.19. The molecule has 0 aromatic carbocycles. The van der Waals surface area contributed by atoms with Crippen LogP contribution in [0.2, 0.25) is 0 Å². The van der Waals surface area contributed by atoms with E-state index in [-0.39, 0.29) is 28.9 Å². The predicted octanol–water partition coefficient (Wildman–Crippen LogP) is -0.645. The summed E-state index contributed by atoms with van der Waals surface area (Å²) >= 11 is 0. The number of carbonyl (C=O) groups is 1. The first-order chi connectivity index (χ1) is 11.8. The number of anilines is 1. The fourth-order valence-electron chi connectivity index (χ4n) is 2.34. The zero-order valence-electron chi connectivity index (χ0n) is 14.1. The summed E-state index contributed by atoms with van der Waals surface area (Å²) < 4.78 is 14.9. The predicted molar refractivity (Wildman–Crippen MR) is 83.2 cm³/mol. The SMILES string of the molecule is [2H][C@@H]1[C@H](O)[C@@H](CO)O[C@H]1n1cnc2c(=O)[nH]c(NC(=O)C(C)C)nc21. The van der Waals surface area contributed by atoms with Crippen LogP contribution in [0.3, 0.4) is 0 Å². The molecule has 10 heteroatoms. The number of rotatable bonds is 4. The summed E-state index contributed by atoms with van der Waals surface area (Å²) in [5, 5.41) is 21.6. The van der Waals surface area contributed by atoms with Gasteiger partial charge in [-0.15, -0.1) is 0 Å². The summed E-state index contributed by atoms with van der Waals surface area (Å²) in [6.45, 7) is 2.96. The maximum atomic E-state index is 12.1. The van der Waals surface area contributed by atoms with Gasteiger partial charge in [-0.2, -0.15) is 4.98 Å².